The van der Waals surface area contributed by atoms with Crippen LogP contribution >= 0.6 is 0 Å². The largest absolute Gasteiger partial charge is 0.356 e. The maximum Gasteiger partial charge on any atom is 0.168 e. The number of nitrogens with zero attached hydrogens (tertiary/aromatic N) is 2. The van der Waals surface area contributed by atoms with E-state index in [-0.39, 0.29) is 5.54 Å². The fourth-order valence-corrected chi connectivity index (χ4v) is 2.95. The fourth-order valence-electron chi connectivity index (χ4n) is 2.95. The van der Waals surface area contributed by atoms with Crippen molar-refractivity contribution in [1.29, 1.82) is 0 Å². The molecule has 2 aromatic heterocycles. The molecule has 3 N–H and O–H groups in total. The minimum absolute atomic E-state index is 0.360. The summed E-state index contributed by atoms with van der Waals surface area (Å²) >= 11 is 0. The van der Waals surface area contributed by atoms with Crippen LogP contribution in [0.2, 0.25) is 0 Å². The first-order chi connectivity index (χ1) is 11.5. The average Bonchev–Trinajstić information content (AvgIpc) is 3.24. The van der Waals surface area contributed by atoms with Gasteiger partial charge in [0.25, 0.3) is 0 Å². The Morgan fingerprint density at radius 1 is 1.04 bits per heavy atom. The Morgan fingerprint density at radius 2 is 1.83 bits per heavy atom. The molecule has 2 aromatic carbocycles. The zero-order chi connectivity index (χ0) is 16.7. The van der Waals surface area contributed by atoms with Gasteiger partial charge in [-0.15, -0.1) is 0 Å². The summed E-state index contributed by atoms with van der Waals surface area (Å²) in [5.41, 5.74) is 11.0. The van der Waals surface area contributed by atoms with Crippen LogP contribution in [-0.4, -0.2) is 15.4 Å². The van der Waals surface area contributed by atoms with E-state index < -0.39 is 0 Å². The van der Waals surface area contributed by atoms with Crippen LogP contribution in [-0.2, 0) is 5.54 Å². The average molecular weight is 318 g/mol. The highest BCUT2D eigenvalue weighted by Gasteiger charge is 2.17. The number of rotatable bonds is 3. The van der Waals surface area contributed by atoms with Crippen LogP contribution in [0, 0.1) is 0 Å². The molecule has 4 rings (SSSR count). The Kier molecular flexibility index (Phi) is 3.25. The highest BCUT2D eigenvalue weighted by atomic mass is 16.5. The maximum absolute atomic E-state index is 6.18. The number of benzene rings is 2. The number of hydrogen-bond donors (Lipinski definition) is 2. The summed E-state index contributed by atoms with van der Waals surface area (Å²) in [6.45, 7) is 4.00. The standard InChI is InChI=1S/C19H18N4O/c1-19(2,20)13-5-3-12(4-6-13)14-7-8-16-15(11-21-23-16)18(14)17-9-10-22-24-17/h3-11H,20H2,1-2H3,(H,21,23). The Morgan fingerprint density at radius 3 is 2.50 bits per heavy atom. The number of aromatic amines is 1. The lowest BCUT2D eigenvalue weighted by Gasteiger charge is -2.19. The predicted octanol–water partition coefficient (Wildman–Crippen LogP) is 4.08. The third-order valence-corrected chi connectivity index (χ3v) is 4.25. The van der Waals surface area contributed by atoms with Gasteiger partial charge in [0.1, 0.15) is 0 Å². The molecule has 0 aliphatic rings. The molecule has 120 valence electrons. The van der Waals surface area contributed by atoms with Crippen LogP contribution in [0.25, 0.3) is 33.4 Å². The minimum Gasteiger partial charge on any atom is -0.356 e. The van der Waals surface area contributed by atoms with Crippen molar-refractivity contribution in [1.82, 2.24) is 15.4 Å². The van der Waals surface area contributed by atoms with E-state index in [0.717, 1.165) is 38.9 Å². The smallest absolute Gasteiger partial charge is 0.168 e. The van der Waals surface area contributed by atoms with Crippen LogP contribution in [0.3, 0.4) is 0 Å². The summed E-state index contributed by atoms with van der Waals surface area (Å²) < 4.78 is 5.43. The molecule has 0 saturated carbocycles. The van der Waals surface area contributed by atoms with Crippen molar-refractivity contribution in [3.63, 3.8) is 0 Å². The van der Waals surface area contributed by atoms with Crippen molar-refractivity contribution in [2.24, 2.45) is 5.73 Å². The lowest BCUT2D eigenvalue weighted by atomic mass is 9.91. The van der Waals surface area contributed by atoms with Crippen molar-refractivity contribution in [3.05, 3.63) is 60.4 Å². The second-order valence-corrected chi connectivity index (χ2v) is 6.50. The van der Waals surface area contributed by atoms with E-state index in [2.05, 4.69) is 45.7 Å². The van der Waals surface area contributed by atoms with Crippen LogP contribution in [0.1, 0.15) is 19.4 Å². The van der Waals surface area contributed by atoms with Crippen molar-refractivity contribution in [3.8, 4) is 22.5 Å². The van der Waals surface area contributed by atoms with Gasteiger partial charge in [-0.1, -0.05) is 35.5 Å². The molecule has 0 radical (unpaired) electrons. The quantitative estimate of drug-likeness (QED) is 0.596. The van der Waals surface area contributed by atoms with Crippen LogP contribution in [0.15, 0.2) is 59.4 Å². The molecule has 0 bridgehead atoms. The highest BCUT2D eigenvalue weighted by Crippen LogP contribution is 2.37. The molecular weight excluding hydrogens is 300 g/mol. The van der Waals surface area contributed by atoms with Crippen LogP contribution < -0.4 is 5.73 Å². The first kappa shape index (κ1) is 14.7. The Hall–Kier alpha value is -2.92. The SMILES string of the molecule is CC(C)(N)c1ccc(-c2ccc3[nH]ncc3c2-c2ccno2)cc1. The first-order valence-electron chi connectivity index (χ1n) is 7.81. The van der Waals surface area contributed by atoms with Gasteiger partial charge in [0.2, 0.25) is 0 Å². The zero-order valence-electron chi connectivity index (χ0n) is 13.6. The van der Waals surface area contributed by atoms with Gasteiger partial charge in [-0.25, -0.2) is 0 Å². The van der Waals surface area contributed by atoms with Gasteiger partial charge in [0.15, 0.2) is 5.76 Å². The van der Waals surface area contributed by atoms with Crippen LogP contribution in [0.5, 0.6) is 0 Å². The number of nitrogens with one attached hydrogen (secondary N) is 1. The zero-order valence-corrected chi connectivity index (χ0v) is 13.6. The van der Waals surface area contributed by atoms with E-state index in [0.29, 0.717) is 0 Å². The van der Waals surface area contributed by atoms with E-state index in [9.17, 15) is 0 Å². The van der Waals surface area contributed by atoms with Gasteiger partial charge in [-0.3, -0.25) is 5.10 Å². The number of H-pyrrole nitrogens is 1. The van der Waals surface area contributed by atoms with E-state index >= 15 is 0 Å². The van der Waals surface area contributed by atoms with E-state index in [4.69, 9.17) is 10.3 Å². The second-order valence-electron chi connectivity index (χ2n) is 6.50. The van der Waals surface area contributed by atoms with Gasteiger partial charge in [-0.2, -0.15) is 5.10 Å². The lowest BCUT2D eigenvalue weighted by Crippen LogP contribution is -2.28. The molecule has 5 heteroatoms. The predicted molar refractivity (Wildman–Crippen MR) is 94.2 cm³/mol. The third-order valence-electron chi connectivity index (χ3n) is 4.25. The summed E-state index contributed by atoms with van der Waals surface area (Å²) in [5, 5.41) is 12.0. The Bertz CT molecular complexity index is 977. The lowest BCUT2D eigenvalue weighted by molar-refractivity contribution is 0.432. The van der Waals surface area contributed by atoms with Gasteiger partial charge in [-0.05, 0) is 36.6 Å². The molecule has 0 aliphatic carbocycles. The molecule has 4 aromatic rings. The topological polar surface area (TPSA) is 80.7 Å². The second kappa shape index (κ2) is 5.32. The first-order valence-corrected chi connectivity index (χ1v) is 7.81. The number of fused-ring (bicyclic) bond motifs is 1. The summed E-state index contributed by atoms with van der Waals surface area (Å²) in [5.74, 6) is 0.722. The number of hydrogen-bond acceptors (Lipinski definition) is 4. The van der Waals surface area contributed by atoms with E-state index in [1.807, 2.05) is 32.2 Å². The van der Waals surface area contributed by atoms with Crippen molar-refractivity contribution < 1.29 is 4.52 Å². The van der Waals surface area contributed by atoms with Crippen molar-refractivity contribution in [2.45, 2.75) is 19.4 Å². The number of aromatic nitrogens is 3. The molecule has 24 heavy (non-hydrogen) atoms. The van der Waals surface area contributed by atoms with Crippen molar-refractivity contribution in [2.75, 3.05) is 0 Å². The summed E-state index contributed by atoms with van der Waals surface area (Å²) in [6, 6.07) is 14.3. The Labute approximate surface area is 139 Å². The third kappa shape index (κ3) is 2.39. The fraction of sp³-hybridized carbons (Fsp3) is 0.158. The van der Waals surface area contributed by atoms with Gasteiger partial charge >= 0.3 is 0 Å². The minimum atomic E-state index is -0.360. The van der Waals surface area contributed by atoms with Gasteiger partial charge in [0.05, 0.1) is 17.9 Å². The molecule has 2 heterocycles. The molecule has 0 fully saturated rings. The molecule has 5 nitrogen and oxygen atoms in total. The molecule has 0 spiro atoms. The normalized spacial score (nSPS) is 12.0. The Balaban J connectivity index is 1.92. The van der Waals surface area contributed by atoms with Gasteiger partial charge < -0.3 is 10.3 Å². The maximum atomic E-state index is 6.18. The summed E-state index contributed by atoms with van der Waals surface area (Å²) in [4.78, 5) is 0. The molecule has 0 aliphatic heterocycles. The van der Waals surface area contributed by atoms with Crippen LogP contribution in [0.4, 0.5) is 0 Å². The van der Waals surface area contributed by atoms with Gasteiger partial charge in [0, 0.05) is 22.6 Å². The summed E-state index contributed by atoms with van der Waals surface area (Å²) in [7, 11) is 0. The summed E-state index contributed by atoms with van der Waals surface area (Å²) in [6.07, 6.45) is 3.46. The molecule has 0 atom stereocenters. The monoisotopic (exact) mass is 318 g/mol. The molecule has 0 amide bonds. The molecular formula is C19H18N4O. The highest BCUT2D eigenvalue weighted by molar-refractivity contribution is 6.01. The van der Waals surface area contributed by atoms with E-state index in [1.54, 1.807) is 6.20 Å². The molecule has 0 unspecified atom stereocenters. The van der Waals surface area contributed by atoms with E-state index in [1.165, 1.54) is 0 Å². The number of nitrogens with two attached hydrogens (primary N) is 1. The van der Waals surface area contributed by atoms with Crippen molar-refractivity contribution >= 4 is 10.9 Å². The molecule has 0 saturated heterocycles.